The third-order valence-electron chi connectivity index (χ3n) is 2.41. The van der Waals surface area contributed by atoms with Gasteiger partial charge in [-0.2, -0.15) is 0 Å². The van der Waals surface area contributed by atoms with Crippen molar-refractivity contribution in [2.45, 2.75) is 12.5 Å². The maximum absolute atomic E-state index is 13.4. The minimum absolute atomic E-state index is 0.00625. The zero-order valence-corrected chi connectivity index (χ0v) is 7.87. The number of nitrogens with two attached hydrogens (primary N) is 1. The molecule has 0 aromatic heterocycles. The molecule has 1 unspecified atom stereocenters. The fourth-order valence-corrected chi connectivity index (χ4v) is 1.59. The summed E-state index contributed by atoms with van der Waals surface area (Å²) < 4.78 is 18.6. The van der Waals surface area contributed by atoms with Gasteiger partial charge >= 0.3 is 5.97 Å². The predicted molar refractivity (Wildman–Crippen MR) is 50.2 cm³/mol. The van der Waals surface area contributed by atoms with Crippen molar-refractivity contribution >= 4 is 5.97 Å². The maximum Gasteiger partial charge on any atom is 0.325 e. The van der Waals surface area contributed by atoms with Crippen molar-refractivity contribution in [3.63, 3.8) is 0 Å². The Hall–Kier alpha value is -1.62. The summed E-state index contributed by atoms with van der Waals surface area (Å²) in [5.74, 6) is -1.40. The molecule has 1 aliphatic rings. The fourth-order valence-electron chi connectivity index (χ4n) is 1.59. The Bertz CT molecular complexity index is 419. The van der Waals surface area contributed by atoms with Gasteiger partial charge in [-0.3, -0.25) is 4.79 Å². The van der Waals surface area contributed by atoms with E-state index in [0.717, 1.165) is 5.56 Å². The topological polar surface area (TPSA) is 72.6 Å². The van der Waals surface area contributed by atoms with Crippen LogP contribution in [-0.2, 0) is 11.2 Å². The lowest BCUT2D eigenvalue weighted by Crippen LogP contribution is -2.22. The molecule has 1 aliphatic heterocycles. The number of carboxylic acid groups (broad SMARTS) is 1. The normalized spacial score (nSPS) is 15.6. The molecule has 2 rings (SSSR count). The second-order valence-electron chi connectivity index (χ2n) is 3.40. The van der Waals surface area contributed by atoms with Crippen molar-refractivity contribution in [2.75, 3.05) is 6.61 Å². The molecule has 0 saturated heterocycles. The summed E-state index contributed by atoms with van der Waals surface area (Å²) in [4.78, 5) is 10.6. The van der Waals surface area contributed by atoms with Crippen molar-refractivity contribution in [1.82, 2.24) is 0 Å². The van der Waals surface area contributed by atoms with Gasteiger partial charge in [0.25, 0.3) is 0 Å². The number of benzene rings is 1. The summed E-state index contributed by atoms with van der Waals surface area (Å²) >= 11 is 0. The van der Waals surface area contributed by atoms with E-state index in [-0.39, 0.29) is 5.56 Å². The van der Waals surface area contributed by atoms with Crippen molar-refractivity contribution in [3.05, 3.63) is 29.1 Å². The van der Waals surface area contributed by atoms with Crippen LogP contribution in [0.15, 0.2) is 12.1 Å². The number of carboxylic acids is 1. The number of fused-ring (bicyclic) bond motifs is 1. The Labute approximate surface area is 85.5 Å². The molecule has 1 atom stereocenters. The Balaban J connectivity index is 2.44. The summed E-state index contributed by atoms with van der Waals surface area (Å²) in [6.07, 6.45) is 0.662. The molecule has 15 heavy (non-hydrogen) atoms. The van der Waals surface area contributed by atoms with Gasteiger partial charge in [0.2, 0.25) is 0 Å². The molecule has 1 aromatic rings. The lowest BCUT2D eigenvalue weighted by molar-refractivity contribution is -0.138. The average molecular weight is 211 g/mol. The third-order valence-corrected chi connectivity index (χ3v) is 2.41. The molecule has 0 bridgehead atoms. The zero-order valence-electron chi connectivity index (χ0n) is 7.87. The summed E-state index contributed by atoms with van der Waals surface area (Å²) in [5.41, 5.74) is 6.17. The van der Waals surface area contributed by atoms with E-state index in [2.05, 4.69) is 0 Å². The molecule has 0 saturated carbocycles. The minimum Gasteiger partial charge on any atom is -0.493 e. The van der Waals surface area contributed by atoms with Crippen LogP contribution in [0.5, 0.6) is 5.75 Å². The number of hydrogen-bond donors (Lipinski definition) is 2. The van der Waals surface area contributed by atoms with E-state index < -0.39 is 17.8 Å². The van der Waals surface area contributed by atoms with Gasteiger partial charge in [-0.25, -0.2) is 4.39 Å². The van der Waals surface area contributed by atoms with Gasteiger partial charge in [0, 0.05) is 18.1 Å². The Kier molecular flexibility index (Phi) is 2.32. The maximum atomic E-state index is 13.4. The molecular formula is C10H10FNO3. The Morgan fingerprint density at radius 2 is 2.33 bits per heavy atom. The van der Waals surface area contributed by atoms with E-state index in [1.807, 2.05) is 0 Å². The van der Waals surface area contributed by atoms with E-state index in [0.29, 0.717) is 18.8 Å². The number of carbonyl (C=O) groups is 1. The van der Waals surface area contributed by atoms with Crippen LogP contribution in [0.2, 0.25) is 0 Å². The number of aliphatic carboxylic acids is 1. The van der Waals surface area contributed by atoms with Crippen LogP contribution in [0.25, 0.3) is 0 Å². The van der Waals surface area contributed by atoms with E-state index in [4.69, 9.17) is 15.6 Å². The van der Waals surface area contributed by atoms with Crippen LogP contribution in [0.4, 0.5) is 4.39 Å². The van der Waals surface area contributed by atoms with Crippen LogP contribution in [0.1, 0.15) is 17.2 Å². The van der Waals surface area contributed by atoms with Gasteiger partial charge in [0.15, 0.2) is 0 Å². The van der Waals surface area contributed by atoms with E-state index in [9.17, 15) is 9.18 Å². The zero-order chi connectivity index (χ0) is 11.0. The summed E-state index contributed by atoms with van der Waals surface area (Å²) in [5, 5.41) is 8.69. The quantitative estimate of drug-likeness (QED) is 0.760. The van der Waals surface area contributed by atoms with Gasteiger partial charge in [-0.15, -0.1) is 0 Å². The van der Waals surface area contributed by atoms with Crippen LogP contribution in [-0.4, -0.2) is 17.7 Å². The first-order valence-electron chi connectivity index (χ1n) is 4.53. The van der Waals surface area contributed by atoms with Crippen LogP contribution < -0.4 is 10.5 Å². The summed E-state index contributed by atoms with van der Waals surface area (Å²) in [6.45, 7) is 0.501. The highest BCUT2D eigenvalue weighted by Gasteiger charge is 2.22. The highest BCUT2D eigenvalue weighted by atomic mass is 19.1. The predicted octanol–water partition coefficient (Wildman–Crippen LogP) is 0.845. The Morgan fingerprint density at radius 3 is 3.00 bits per heavy atom. The second-order valence-corrected chi connectivity index (χ2v) is 3.40. The average Bonchev–Trinajstić information content (AvgIpc) is 2.62. The van der Waals surface area contributed by atoms with Crippen molar-refractivity contribution < 1.29 is 19.0 Å². The van der Waals surface area contributed by atoms with Crippen molar-refractivity contribution in [3.8, 4) is 5.75 Å². The number of ether oxygens (including phenoxy) is 1. The first-order chi connectivity index (χ1) is 7.09. The number of halogens is 1. The largest absolute Gasteiger partial charge is 0.493 e. The van der Waals surface area contributed by atoms with Gasteiger partial charge in [0.1, 0.15) is 17.6 Å². The van der Waals surface area contributed by atoms with Crippen LogP contribution >= 0.6 is 0 Å². The SMILES string of the molecule is NC(C(=O)O)c1cc2c(cc1F)OCC2. The molecule has 0 radical (unpaired) electrons. The molecule has 80 valence electrons. The fraction of sp³-hybridized carbons (Fsp3) is 0.300. The smallest absolute Gasteiger partial charge is 0.325 e. The number of hydrogen-bond acceptors (Lipinski definition) is 3. The molecule has 0 spiro atoms. The molecule has 0 aliphatic carbocycles. The van der Waals surface area contributed by atoms with Gasteiger partial charge in [-0.1, -0.05) is 0 Å². The highest BCUT2D eigenvalue weighted by molar-refractivity contribution is 5.75. The highest BCUT2D eigenvalue weighted by Crippen LogP contribution is 2.30. The summed E-state index contributed by atoms with van der Waals surface area (Å²) in [6, 6.07) is 1.34. The van der Waals surface area contributed by atoms with Crippen LogP contribution in [0.3, 0.4) is 0 Å². The molecule has 0 amide bonds. The first kappa shape index (κ1) is 9.92. The molecule has 0 fully saturated rings. The molecule has 4 nitrogen and oxygen atoms in total. The number of rotatable bonds is 2. The van der Waals surface area contributed by atoms with E-state index in [1.165, 1.54) is 12.1 Å². The van der Waals surface area contributed by atoms with Gasteiger partial charge in [0.05, 0.1) is 6.61 Å². The van der Waals surface area contributed by atoms with E-state index >= 15 is 0 Å². The first-order valence-corrected chi connectivity index (χ1v) is 4.53. The van der Waals surface area contributed by atoms with Crippen LogP contribution in [0, 0.1) is 5.82 Å². The second kappa shape index (κ2) is 3.51. The van der Waals surface area contributed by atoms with Gasteiger partial charge < -0.3 is 15.6 Å². The standard InChI is InChI=1S/C10H10FNO3/c11-7-4-8-5(1-2-15-8)3-6(7)9(12)10(13)14/h3-4,9H,1-2,12H2,(H,13,14). The third kappa shape index (κ3) is 1.66. The minimum atomic E-state index is -1.32. The molecule has 5 heteroatoms. The molecule has 3 N–H and O–H groups in total. The molecule has 1 heterocycles. The summed E-state index contributed by atoms with van der Waals surface area (Å²) in [7, 11) is 0. The molecule has 1 aromatic carbocycles. The lowest BCUT2D eigenvalue weighted by atomic mass is 10.0. The van der Waals surface area contributed by atoms with Crippen molar-refractivity contribution in [1.29, 1.82) is 0 Å². The Morgan fingerprint density at radius 1 is 1.60 bits per heavy atom. The van der Waals surface area contributed by atoms with E-state index in [1.54, 1.807) is 0 Å². The van der Waals surface area contributed by atoms with Gasteiger partial charge in [-0.05, 0) is 11.6 Å². The monoisotopic (exact) mass is 211 g/mol. The lowest BCUT2D eigenvalue weighted by Gasteiger charge is -2.09. The van der Waals surface area contributed by atoms with Crippen molar-refractivity contribution in [2.24, 2.45) is 5.73 Å². The molecular weight excluding hydrogens is 201 g/mol.